The Balaban J connectivity index is 1.40. The molecule has 37 heavy (non-hydrogen) atoms. The number of rotatable bonds is 7. The van der Waals surface area contributed by atoms with Crippen molar-refractivity contribution in [3.05, 3.63) is 70.6 Å². The fraction of sp³-hybridized carbons (Fsp3) is 0.269. The molecule has 5 aromatic rings. The van der Waals surface area contributed by atoms with Gasteiger partial charge in [-0.25, -0.2) is 19.3 Å². The van der Waals surface area contributed by atoms with Crippen molar-refractivity contribution in [3.8, 4) is 11.7 Å². The molecule has 2 N–H and O–H groups in total. The van der Waals surface area contributed by atoms with Crippen LogP contribution in [0.15, 0.2) is 60.0 Å². The summed E-state index contributed by atoms with van der Waals surface area (Å²) < 4.78 is 10.5. The van der Waals surface area contributed by atoms with Crippen molar-refractivity contribution in [1.82, 2.24) is 34.6 Å². The van der Waals surface area contributed by atoms with Crippen molar-refractivity contribution in [2.45, 2.75) is 32.4 Å². The van der Waals surface area contributed by atoms with Crippen LogP contribution < -0.4 is 20.9 Å². The first-order chi connectivity index (χ1) is 18.1. The zero-order chi connectivity index (χ0) is 25.4. The summed E-state index contributed by atoms with van der Waals surface area (Å²) in [6.07, 6.45) is 5.18. The lowest BCUT2D eigenvalue weighted by atomic mass is 10.1. The number of thiazole rings is 1. The van der Waals surface area contributed by atoms with Crippen molar-refractivity contribution in [2.24, 2.45) is 0 Å². The number of aromatic nitrogens is 6. The summed E-state index contributed by atoms with van der Waals surface area (Å²) in [5, 5.41) is 8.01. The summed E-state index contributed by atoms with van der Waals surface area (Å²) >= 11 is 1.63. The average Bonchev–Trinajstić information content (AvgIpc) is 3.40. The predicted molar refractivity (Wildman–Crippen MR) is 145 cm³/mol. The number of hydrogen-bond acceptors (Lipinski definition) is 9. The molecule has 6 rings (SSSR count). The molecule has 1 aromatic carbocycles. The van der Waals surface area contributed by atoms with E-state index in [-0.39, 0.29) is 11.7 Å². The van der Waals surface area contributed by atoms with Gasteiger partial charge >= 0.3 is 0 Å². The Morgan fingerprint density at radius 1 is 1.22 bits per heavy atom. The summed E-state index contributed by atoms with van der Waals surface area (Å²) in [5.41, 5.74) is 2.03. The van der Waals surface area contributed by atoms with Gasteiger partial charge in [0, 0.05) is 18.0 Å². The molecule has 188 valence electrons. The first-order valence-electron chi connectivity index (χ1n) is 12.2. The second-order valence-corrected chi connectivity index (χ2v) is 10.1. The molecule has 0 amide bonds. The van der Waals surface area contributed by atoms with Crippen LogP contribution in [-0.2, 0) is 6.54 Å². The van der Waals surface area contributed by atoms with Gasteiger partial charge in [-0.15, -0.1) is 17.9 Å². The lowest BCUT2D eigenvalue weighted by Gasteiger charge is -2.23. The van der Waals surface area contributed by atoms with E-state index in [1.807, 2.05) is 43.3 Å². The maximum Gasteiger partial charge on any atom is 0.278 e. The number of pyridine rings is 1. The smallest absolute Gasteiger partial charge is 0.278 e. The highest BCUT2D eigenvalue weighted by atomic mass is 32.1. The number of nitrogens with one attached hydrogen (secondary N) is 2. The SMILES string of the molecule is C=CCn1c(=O)c2cnc(Nc3ccc4nc(C)sc4c3)nc2n1-c1cccc(OC2CCNCC2)n1. The normalized spacial score (nSPS) is 14.3. The summed E-state index contributed by atoms with van der Waals surface area (Å²) in [6.45, 7) is 7.95. The van der Waals surface area contributed by atoms with Crippen molar-refractivity contribution < 1.29 is 4.74 Å². The minimum atomic E-state index is -0.213. The summed E-state index contributed by atoms with van der Waals surface area (Å²) in [5.74, 6) is 1.43. The molecule has 11 heteroatoms. The minimum absolute atomic E-state index is 0.110. The Morgan fingerprint density at radius 2 is 2.08 bits per heavy atom. The van der Waals surface area contributed by atoms with Gasteiger partial charge in [-0.2, -0.15) is 9.97 Å². The molecular formula is C26H26N8O2S. The van der Waals surface area contributed by atoms with Gasteiger partial charge in [0.25, 0.3) is 5.56 Å². The number of nitrogens with zero attached hydrogens (tertiary/aromatic N) is 6. The van der Waals surface area contributed by atoms with Gasteiger partial charge in [0.05, 0.1) is 21.8 Å². The van der Waals surface area contributed by atoms with Crippen LogP contribution in [0, 0.1) is 6.92 Å². The van der Waals surface area contributed by atoms with Crippen LogP contribution in [-0.4, -0.2) is 48.5 Å². The van der Waals surface area contributed by atoms with E-state index in [2.05, 4.69) is 27.2 Å². The Hall–Kier alpha value is -4.09. The van der Waals surface area contributed by atoms with Gasteiger partial charge in [0.2, 0.25) is 11.8 Å². The molecule has 5 heterocycles. The molecule has 1 aliphatic rings. The van der Waals surface area contributed by atoms with E-state index in [1.165, 1.54) is 0 Å². The van der Waals surface area contributed by atoms with Crippen LogP contribution in [0.1, 0.15) is 17.8 Å². The van der Waals surface area contributed by atoms with Crippen LogP contribution in [0.25, 0.3) is 27.1 Å². The van der Waals surface area contributed by atoms with Gasteiger partial charge in [-0.3, -0.25) is 4.79 Å². The maximum atomic E-state index is 13.3. The van der Waals surface area contributed by atoms with Crippen molar-refractivity contribution in [2.75, 3.05) is 18.4 Å². The number of allylic oxidation sites excluding steroid dienone is 1. The van der Waals surface area contributed by atoms with Crippen LogP contribution in [0.3, 0.4) is 0 Å². The number of hydrogen-bond donors (Lipinski definition) is 2. The van der Waals surface area contributed by atoms with Gasteiger partial charge in [0.1, 0.15) is 11.5 Å². The van der Waals surface area contributed by atoms with E-state index in [1.54, 1.807) is 33.0 Å². The molecular weight excluding hydrogens is 488 g/mol. The lowest BCUT2D eigenvalue weighted by molar-refractivity contribution is 0.156. The number of aryl methyl sites for hydroxylation is 1. The highest BCUT2D eigenvalue weighted by molar-refractivity contribution is 7.18. The van der Waals surface area contributed by atoms with E-state index in [9.17, 15) is 4.79 Å². The van der Waals surface area contributed by atoms with E-state index >= 15 is 0 Å². The fourth-order valence-corrected chi connectivity index (χ4v) is 5.39. The minimum Gasteiger partial charge on any atom is -0.474 e. The maximum absolute atomic E-state index is 13.3. The lowest BCUT2D eigenvalue weighted by Crippen LogP contribution is -2.34. The van der Waals surface area contributed by atoms with E-state index in [4.69, 9.17) is 14.7 Å². The Bertz CT molecular complexity index is 1660. The third-order valence-corrected chi connectivity index (χ3v) is 7.16. The first-order valence-corrected chi connectivity index (χ1v) is 13.0. The molecule has 0 radical (unpaired) electrons. The molecule has 10 nitrogen and oxygen atoms in total. The average molecular weight is 515 g/mol. The number of benzene rings is 1. The molecule has 4 aromatic heterocycles. The van der Waals surface area contributed by atoms with E-state index in [0.717, 1.165) is 46.8 Å². The Labute approximate surface area is 216 Å². The largest absolute Gasteiger partial charge is 0.474 e. The predicted octanol–water partition coefficient (Wildman–Crippen LogP) is 3.96. The molecule has 0 aliphatic carbocycles. The molecule has 1 fully saturated rings. The van der Waals surface area contributed by atoms with E-state index < -0.39 is 0 Å². The Morgan fingerprint density at radius 3 is 2.92 bits per heavy atom. The third kappa shape index (κ3) is 4.58. The van der Waals surface area contributed by atoms with Gasteiger partial charge in [0.15, 0.2) is 11.5 Å². The quantitative estimate of drug-likeness (QED) is 0.314. The number of ether oxygens (including phenoxy) is 1. The second-order valence-electron chi connectivity index (χ2n) is 8.86. The van der Waals surface area contributed by atoms with Crippen molar-refractivity contribution >= 4 is 44.2 Å². The second kappa shape index (κ2) is 9.75. The van der Waals surface area contributed by atoms with E-state index in [0.29, 0.717) is 35.2 Å². The standard InChI is InChI=1S/C26H26N8O2S/c1-3-13-33-25(35)19-15-28-26(30-17-7-8-20-21(14-17)37-16(2)29-20)32-24(19)34(33)22-5-4-6-23(31-22)36-18-9-11-27-12-10-18/h3-8,14-15,18,27H,1,9-13H2,2H3,(H,28,30,32). The molecule has 0 saturated carbocycles. The zero-order valence-corrected chi connectivity index (χ0v) is 21.2. The van der Waals surface area contributed by atoms with Crippen LogP contribution in [0.5, 0.6) is 5.88 Å². The number of fused-ring (bicyclic) bond motifs is 2. The molecule has 0 bridgehead atoms. The molecule has 1 saturated heterocycles. The molecule has 1 aliphatic heterocycles. The topological polar surface area (TPSA) is 112 Å². The molecule has 0 atom stereocenters. The molecule has 0 unspecified atom stereocenters. The number of anilines is 2. The molecule has 0 spiro atoms. The third-order valence-electron chi connectivity index (χ3n) is 6.23. The number of piperidine rings is 1. The summed E-state index contributed by atoms with van der Waals surface area (Å²) in [4.78, 5) is 31.6. The van der Waals surface area contributed by atoms with Gasteiger partial charge in [-0.1, -0.05) is 12.1 Å². The Kier molecular flexibility index (Phi) is 6.15. The fourth-order valence-electron chi connectivity index (χ4n) is 4.53. The van der Waals surface area contributed by atoms with Crippen LogP contribution in [0.4, 0.5) is 11.6 Å². The van der Waals surface area contributed by atoms with Gasteiger partial charge < -0.3 is 15.4 Å². The summed E-state index contributed by atoms with van der Waals surface area (Å²) in [7, 11) is 0. The van der Waals surface area contributed by atoms with Crippen LogP contribution in [0.2, 0.25) is 0 Å². The van der Waals surface area contributed by atoms with Crippen molar-refractivity contribution in [3.63, 3.8) is 0 Å². The van der Waals surface area contributed by atoms with Crippen LogP contribution >= 0.6 is 11.3 Å². The van der Waals surface area contributed by atoms with Crippen molar-refractivity contribution in [1.29, 1.82) is 0 Å². The highest BCUT2D eigenvalue weighted by Crippen LogP contribution is 2.26. The first kappa shape index (κ1) is 23.3. The summed E-state index contributed by atoms with van der Waals surface area (Å²) in [6, 6.07) is 11.5. The highest BCUT2D eigenvalue weighted by Gasteiger charge is 2.20. The van der Waals surface area contributed by atoms with Gasteiger partial charge in [-0.05, 0) is 57.1 Å². The zero-order valence-electron chi connectivity index (χ0n) is 20.3. The monoisotopic (exact) mass is 514 g/mol.